The molecule has 0 aliphatic rings. The van der Waals surface area contributed by atoms with E-state index in [0.717, 1.165) is 6.26 Å². The van der Waals surface area contributed by atoms with Crippen LogP contribution in [0.1, 0.15) is 0 Å². The van der Waals surface area contributed by atoms with Crippen molar-refractivity contribution in [1.82, 2.24) is 14.6 Å². The van der Waals surface area contributed by atoms with Crippen LogP contribution in [0.4, 0.5) is 5.69 Å². The summed E-state index contributed by atoms with van der Waals surface area (Å²) in [6.45, 7) is 0. The van der Waals surface area contributed by atoms with E-state index < -0.39 is 10.0 Å². The highest BCUT2D eigenvalue weighted by Gasteiger charge is 2.06. The number of pyridine rings is 1. The zero-order valence-corrected chi connectivity index (χ0v) is 8.19. The Morgan fingerprint density at radius 2 is 2.29 bits per heavy atom. The molecule has 14 heavy (non-hydrogen) atoms. The zero-order valence-electron chi connectivity index (χ0n) is 7.38. The van der Waals surface area contributed by atoms with E-state index in [1.54, 1.807) is 18.3 Å². The SMILES string of the molecule is CS(=O)(=O)Nc1cccn2ncnc12. The summed E-state index contributed by atoms with van der Waals surface area (Å²) >= 11 is 0. The minimum Gasteiger partial charge on any atom is -0.280 e. The topological polar surface area (TPSA) is 76.4 Å². The van der Waals surface area contributed by atoms with Gasteiger partial charge >= 0.3 is 0 Å². The van der Waals surface area contributed by atoms with Crippen molar-refractivity contribution in [3.05, 3.63) is 24.7 Å². The lowest BCUT2D eigenvalue weighted by Gasteiger charge is -2.03. The molecule has 7 heteroatoms. The van der Waals surface area contributed by atoms with Crippen LogP contribution in [0.3, 0.4) is 0 Å². The van der Waals surface area contributed by atoms with Gasteiger partial charge in [-0.1, -0.05) is 0 Å². The molecule has 0 aliphatic heterocycles. The Kier molecular flexibility index (Phi) is 1.88. The van der Waals surface area contributed by atoms with Crippen LogP contribution in [0.15, 0.2) is 24.7 Å². The third-order valence-electron chi connectivity index (χ3n) is 1.60. The summed E-state index contributed by atoms with van der Waals surface area (Å²) in [5.74, 6) is 0. The van der Waals surface area contributed by atoms with E-state index in [1.807, 2.05) is 0 Å². The first-order valence-corrected chi connectivity index (χ1v) is 5.71. The Hall–Kier alpha value is -1.63. The molecule has 0 aliphatic carbocycles. The van der Waals surface area contributed by atoms with Gasteiger partial charge in [0.05, 0.1) is 11.9 Å². The fraction of sp³-hybridized carbons (Fsp3) is 0.143. The van der Waals surface area contributed by atoms with Gasteiger partial charge in [-0.15, -0.1) is 0 Å². The van der Waals surface area contributed by atoms with Crippen molar-refractivity contribution in [3.63, 3.8) is 0 Å². The second-order valence-electron chi connectivity index (χ2n) is 2.82. The smallest absolute Gasteiger partial charge is 0.229 e. The lowest BCUT2D eigenvalue weighted by Crippen LogP contribution is -2.10. The molecular weight excluding hydrogens is 204 g/mol. The molecule has 2 heterocycles. The van der Waals surface area contributed by atoms with Gasteiger partial charge in [0.25, 0.3) is 0 Å². The molecule has 0 bridgehead atoms. The lowest BCUT2D eigenvalue weighted by molar-refractivity contribution is 0.607. The monoisotopic (exact) mass is 212 g/mol. The van der Waals surface area contributed by atoms with Gasteiger partial charge in [0.1, 0.15) is 6.33 Å². The van der Waals surface area contributed by atoms with Gasteiger partial charge in [-0.05, 0) is 12.1 Å². The van der Waals surface area contributed by atoms with Crippen LogP contribution in [0.2, 0.25) is 0 Å². The molecule has 2 aromatic rings. The number of hydrogen-bond acceptors (Lipinski definition) is 4. The van der Waals surface area contributed by atoms with Crippen molar-refractivity contribution in [2.75, 3.05) is 11.0 Å². The average Bonchev–Trinajstić information content (AvgIpc) is 2.49. The number of sulfonamides is 1. The molecule has 2 rings (SSSR count). The lowest BCUT2D eigenvalue weighted by atomic mass is 10.4. The number of rotatable bonds is 2. The van der Waals surface area contributed by atoms with E-state index in [1.165, 1.54) is 10.8 Å². The number of aromatic nitrogens is 3. The van der Waals surface area contributed by atoms with Crippen molar-refractivity contribution >= 4 is 21.4 Å². The second kappa shape index (κ2) is 2.95. The Morgan fingerprint density at radius 3 is 3.00 bits per heavy atom. The normalized spacial score (nSPS) is 11.8. The standard InChI is InChI=1S/C7H8N4O2S/c1-14(12,13)10-6-3-2-4-11-7(6)8-5-9-11/h2-5,10H,1H3. The van der Waals surface area contributed by atoms with Crippen LogP contribution in [-0.2, 0) is 10.0 Å². The van der Waals surface area contributed by atoms with Gasteiger partial charge in [-0.2, -0.15) is 5.10 Å². The first-order valence-electron chi connectivity index (χ1n) is 3.82. The molecule has 0 spiro atoms. The van der Waals surface area contributed by atoms with Crippen LogP contribution >= 0.6 is 0 Å². The molecule has 0 saturated carbocycles. The molecule has 1 N–H and O–H groups in total. The van der Waals surface area contributed by atoms with Crippen molar-refractivity contribution in [2.45, 2.75) is 0 Å². The maximum absolute atomic E-state index is 11.0. The number of anilines is 1. The zero-order chi connectivity index (χ0) is 10.2. The van der Waals surface area contributed by atoms with Crippen molar-refractivity contribution < 1.29 is 8.42 Å². The molecule has 0 fully saturated rings. The summed E-state index contributed by atoms with van der Waals surface area (Å²) in [7, 11) is -3.28. The van der Waals surface area contributed by atoms with E-state index in [2.05, 4.69) is 14.8 Å². The Labute approximate surface area is 80.6 Å². The van der Waals surface area contributed by atoms with Gasteiger partial charge in [0.15, 0.2) is 5.65 Å². The Balaban J connectivity index is 2.57. The van der Waals surface area contributed by atoms with E-state index in [-0.39, 0.29) is 0 Å². The van der Waals surface area contributed by atoms with Gasteiger partial charge in [0, 0.05) is 6.20 Å². The van der Waals surface area contributed by atoms with Crippen LogP contribution < -0.4 is 4.72 Å². The Morgan fingerprint density at radius 1 is 1.50 bits per heavy atom. The van der Waals surface area contributed by atoms with Gasteiger partial charge < -0.3 is 0 Å². The van der Waals surface area contributed by atoms with Crippen LogP contribution in [0.25, 0.3) is 5.65 Å². The van der Waals surface area contributed by atoms with Crippen LogP contribution in [0, 0.1) is 0 Å². The largest absolute Gasteiger partial charge is 0.280 e. The highest BCUT2D eigenvalue weighted by atomic mass is 32.2. The maximum Gasteiger partial charge on any atom is 0.229 e. The fourth-order valence-electron chi connectivity index (χ4n) is 1.13. The predicted octanol–water partition coefficient (Wildman–Crippen LogP) is 0.101. The van der Waals surface area contributed by atoms with Gasteiger partial charge in [-0.25, -0.2) is 17.9 Å². The average molecular weight is 212 g/mol. The Bertz CT molecular complexity index is 560. The van der Waals surface area contributed by atoms with E-state index in [9.17, 15) is 8.42 Å². The van der Waals surface area contributed by atoms with Gasteiger partial charge in [0.2, 0.25) is 10.0 Å². The molecular formula is C7H8N4O2S. The summed E-state index contributed by atoms with van der Waals surface area (Å²) in [6.07, 6.45) is 4.14. The highest BCUT2D eigenvalue weighted by molar-refractivity contribution is 7.92. The fourth-order valence-corrected chi connectivity index (χ4v) is 1.69. The molecule has 0 aromatic carbocycles. The number of nitrogens with one attached hydrogen (secondary N) is 1. The molecule has 0 unspecified atom stereocenters. The van der Waals surface area contributed by atoms with E-state index >= 15 is 0 Å². The first kappa shape index (κ1) is 8.95. The molecule has 0 radical (unpaired) electrons. The van der Waals surface area contributed by atoms with E-state index in [0.29, 0.717) is 11.3 Å². The second-order valence-corrected chi connectivity index (χ2v) is 4.57. The van der Waals surface area contributed by atoms with Crippen LogP contribution in [-0.4, -0.2) is 29.3 Å². The van der Waals surface area contributed by atoms with Crippen molar-refractivity contribution in [3.8, 4) is 0 Å². The molecule has 6 nitrogen and oxygen atoms in total. The molecule has 0 atom stereocenters. The highest BCUT2D eigenvalue weighted by Crippen LogP contribution is 2.13. The van der Waals surface area contributed by atoms with Gasteiger partial charge in [-0.3, -0.25) is 4.72 Å². The van der Waals surface area contributed by atoms with Crippen LogP contribution in [0.5, 0.6) is 0 Å². The van der Waals surface area contributed by atoms with Crippen molar-refractivity contribution in [2.24, 2.45) is 0 Å². The van der Waals surface area contributed by atoms with E-state index in [4.69, 9.17) is 0 Å². The third kappa shape index (κ3) is 1.67. The summed E-state index contributed by atoms with van der Waals surface area (Å²) in [5, 5.41) is 3.88. The van der Waals surface area contributed by atoms with Crippen molar-refractivity contribution in [1.29, 1.82) is 0 Å². The minimum atomic E-state index is -3.28. The molecule has 0 saturated heterocycles. The first-order chi connectivity index (χ1) is 6.56. The maximum atomic E-state index is 11.0. The third-order valence-corrected chi connectivity index (χ3v) is 2.19. The number of hydrogen-bond donors (Lipinski definition) is 1. The predicted molar refractivity (Wildman–Crippen MR) is 51.5 cm³/mol. The molecule has 2 aromatic heterocycles. The number of fused-ring (bicyclic) bond motifs is 1. The summed E-state index contributed by atoms with van der Waals surface area (Å²) in [4.78, 5) is 3.93. The number of nitrogens with zero attached hydrogens (tertiary/aromatic N) is 3. The summed E-state index contributed by atoms with van der Waals surface area (Å²) in [5.41, 5.74) is 0.908. The minimum absolute atomic E-state index is 0.424. The molecule has 0 amide bonds. The summed E-state index contributed by atoms with van der Waals surface area (Å²) in [6, 6.07) is 3.32. The quantitative estimate of drug-likeness (QED) is 0.766. The summed E-state index contributed by atoms with van der Waals surface area (Å²) < 4.78 is 25.8. The molecule has 74 valence electrons.